The first-order chi connectivity index (χ1) is 13.2. The number of carbonyl (C=O) groups excluding carboxylic acids is 2. The number of hydrogen-bond acceptors (Lipinski definition) is 6. The predicted molar refractivity (Wildman–Crippen MR) is 96.9 cm³/mol. The number of nitrogens with one attached hydrogen (secondary N) is 2. The van der Waals surface area contributed by atoms with Crippen molar-refractivity contribution in [3.8, 4) is 0 Å². The average molecular weight is 369 g/mol. The fourth-order valence-electron chi connectivity index (χ4n) is 3.68. The Morgan fingerprint density at radius 3 is 3.07 bits per heavy atom. The van der Waals surface area contributed by atoms with Gasteiger partial charge < -0.3 is 20.1 Å². The van der Waals surface area contributed by atoms with Crippen molar-refractivity contribution in [1.29, 1.82) is 0 Å². The molecular formula is C19H23N5O3. The first-order valence-corrected chi connectivity index (χ1v) is 9.40. The first-order valence-electron chi connectivity index (χ1n) is 9.40. The number of piperazine rings is 1. The average Bonchev–Trinajstić information content (AvgIpc) is 3.16. The standard InChI is InChI=1S/C19H23N5O3/c25-18(22-11-13-4-3-7-20-10-13)16-12-21-8-9-24(16)19(26)17-14-5-1-2-6-15(14)23-27-17/h3-4,7,10,16,21H,1-2,5-6,8-9,11-12H2,(H,22,25). The van der Waals surface area contributed by atoms with Crippen molar-refractivity contribution >= 4 is 11.8 Å². The van der Waals surface area contributed by atoms with Crippen LogP contribution in [0.3, 0.4) is 0 Å². The lowest BCUT2D eigenvalue weighted by atomic mass is 9.95. The summed E-state index contributed by atoms with van der Waals surface area (Å²) in [5.41, 5.74) is 2.72. The van der Waals surface area contributed by atoms with Gasteiger partial charge in [-0.25, -0.2) is 0 Å². The highest BCUT2D eigenvalue weighted by atomic mass is 16.5. The van der Waals surface area contributed by atoms with Gasteiger partial charge in [0.1, 0.15) is 6.04 Å². The highest BCUT2D eigenvalue weighted by molar-refractivity contribution is 5.97. The van der Waals surface area contributed by atoms with Gasteiger partial charge in [0.2, 0.25) is 11.7 Å². The van der Waals surface area contributed by atoms with E-state index in [1.165, 1.54) is 0 Å². The first kappa shape index (κ1) is 17.7. The van der Waals surface area contributed by atoms with Crippen molar-refractivity contribution in [1.82, 2.24) is 25.7 Å². The number of nitrogens with zero attached hydrogens (tertiary/aromatic N) is 3. The van der Waals surface area contributed by atoms with Crippen molar-refractivity contribution in [2.45, 2.75) is 38.3 Å². The fourth-order valence-corrected chi connectivity index (χ4v) is 3.68. The summed E-state index contributed by atoms with van der Waals surface area (Å²) in [6.07, 6.45) is 7.16. The molecule has 27 heavy (non-hydrogen) atoms. The Morgan fingerprint density at radius 1 is 1.33 bits per heavy atom. The van der Waals surface area contributed by atoms with Gasteiger partial charge in [-0.3, -0.25) is 14.6 Å². The molecule has 0 spiro atoms. The summed E-state index contributed by atoms with van der Waals surface area (Å²) in [5.74, 6) is -0.127. The zero-order chi connectivity index (χ0) is 18.6. The SMILES string of the molecule is O=C(NCc1cccnc1)C1CNCCN1C(=O)c1onc2c1CCCC2. The Balaban J connectivity index is 1.47. The molecule has 142 valence electrons. The molecule has 0 aromatic carbocycles. The molecule has 8 nitrogen and oxygen atoms in total. The number of hydrogen-bond donors (Lipinski definition) is 2. The van der Waals surface area contributed by atoms with Gasteiger partial charge in [0, 0.05) is 44.1 Å². The molecule has 4 rings (SSSR count). The molecule has 1 aliphatic heterocycles. The lowest BCUT2D eigenvalue weighted by molar-refractivity contribution is -0.126. The fraction of sp³-hybridized carbons (Fsp3) is 0.474. The largest absolute Gasteiger partial charge is 0.350 e. The number of aromatic nitrogens is 2. The molecule has 1 atom stereocenters. The molecule has 0 bridgehead atoms. The topological polar surface area (TPSA) is 100 Å². The highest BCUT2D eigenvalue weighted by Gasteiger charge is 2.36. The second-order valence-electron chi connectivity index (χ2n) is 6.94. The molecule has 1 fully saturated rings. The van der Waals surface area contributed by atoms with Gasteiger partial charge in [0.05, 0.1) is 5.69 Å². The zero-order valence-corrected chi connectivity index (χ0v) is 15.1. The smallest absolute Gasteiger partial charge is 0.293 e. The predicted octanol–water partition coefficient (Wildman–Crippen LogP) is 0.679. The summed E-state index contributed by atoms with van der Waals surface area (Å²) in [6, 6.07) is 3.15. The third-order valence-electron chi connectivity index (χ3n) is 5.15. The van der Waals surface area contributed by atoms with Gasteiger partial charge in [-0.1, -0.05) is 11.2 Å². The number of fused-ring (bicyclic) bond motifs is 1. The van der Waals surface area contributed by atoms with E-state index in [4.69, 9.17) is 4.52 Å². The Kier molecular flexibility index (Phi) is 5.15. The molecule has 2 aliphatic rings. The minimum Gasteiger partial charge on any atom is -0.350 e. The summed E-state index contributed by atoms with van der Waals surface area (Å²) in [6.45, 7) is 1.90. The van der Waals surface area contributed by atoms with Crippen LogP contribution in [0.15, 0.2) is 29.0 Å². The summed E-state index contributed by atoms with van der Waals surface area (Å²) in [4.78, 5) is 31.5. The lowest BCUT2D eigenvalue weighted by Gasteiger charge is -2.34. The molecule has 1 aliphatic carbocycles. The quantitative estimate of drug-likeness (QED) is 0.822. The van der Waals surface area contributed by atoms with Crippen LogP contribution in [0.4, 0.5) is 0 Å². The van der Waals surface area contributed by atoms with E-state index in [0.29, 0.717) is 31.9 Å². The van der Waals surface area contributed by atoms with Crippen LogP contribution in [-0.2, 0) is 24.2 Å². The van der Waals surface area contributed by atoms with Gasteiger partial charge >= 0.3 is 0 Å². The normalized spacial score (nSPS) is 19.4. The molecule has 1 unspecified atom stereocenters. The molecule has 0 saturated carbocycles. The maximum Gasteiger partial charge on any atom is 0.293 e. The molecule has 2 amide bonds. The Labute approximate surface area is 157 Å². The Hall–Kier alpha value is -2.74. The second kappa shape index (κ2) is 7.87. The van der Waals surface area contributed by atoms with Crippen LogP contribution in [0.2, 0.25) is 0 Å². The zero-order valence-electron chi connectivity index (χ0n) is 15.1. The summed E-state index contributed by atoms with van der Waals surface area (Å²) >= 11 is 0. The molecule has 2 aromatic heterocycles. The van der Waals surface area contributed by atoms with Crippen molar-refractivity contribution in [3.63, 3.8) is 0 Å². The van der Waals surface area contributed by atoms with Crippen molar-refractivity contribution in [2.24, 2.45) is 0 Å². The summed E-state index contributed by atoms with van der Waals surface area (Å²) in [5, 5.41) is 10.2. The van der Waals surface area contributed by atoms with Crippen molar-refractivity contribution < 1.29 is 14.1 Å². The van der Waals surface area contributed by atoms with Gasteiger partial charge in [-0.15, -0.1) is 0 Å². The van der Waals surface area contributed by atoms with E-state index in [0.717, 1.165) is 42.5 Å². The van der Waals surface area contributed by atoms with Gasteiger partial charge in [0.15, 0.2) is 0 Å². The number of pyridine rings is 1. The second-order valence-corrected chi connectivity index (χ2v) is 6.94. The highest BCUT2D eigenvalue weighted by Crippen LogP contribution is 2.25. The molecule has 3 heterocycles. The third-order valence-corrected chi connectivity index (χ3v) is 5.15. The van der Waals surface area contributed by atoms with E-state index in [9.17, 15) is 9.59 Å². The van der Waals surface area contributed by atoms with Crippen LogP contribution in [0.1, 0.15) is 40.2 Å². The molecule has 8 heteroatoms. The van der Waals surface area contributed by atoms with Gasteiger partial charge in [-0.2, -0.15) is 0 Å². The number of aryl methyl sites for hydroxylation is 1. The molecule has 2 N–H and O–H groups in total. The van der Waals surface area contributed by atoms with E-state index in [2.05, 4.69) is 20.8 Å². The summed E-state index contributed by atoms with van der Waals surface area (Å²) in [7, 11) is 0. The van der Waals surface area contributed by atoms with Crippen LogP contribution >= 0.6 is 0 Å². The van der Waals surface area contributed by atoms with Crippen molar-refractivity contribution in [3.05, 3.63) is 47.1 Å². The molecular weight excluding hydrogens is 346 g/mol. The minimum atomic E-state index is -0.577. The Bertz CT molecular complexity index is 820. The van der Waals surface area contributed by atoms with Crippen LogP contribution in [0, 0.1) is 0 Å². The van der Waals surface area contributed by atoms with E-state index < -0.39 is 6.04 Å². The van der Waals surface area contributed by atoms with Crippen LogP contribution in [0.25, 0.3) is 0 Å². The molecule has 2 aromatic rings. The maximum atomic E-state index is 13.1. The van der Waals surface area contributed by atoms with E-state index in [1.807, 2.05) is 12.1 Å². The number of amides is 2. The van der Waals surface area contributed by atoms with Crippen LogP contribution in [-0.4, -0.2) is 52.5 Å². The number of rotatable bonds is 4. The minimum absolute atomic E-state index is 0.187. The van der Waals surface area contributed by atoms with Gasteiger partial charge in [-0.05, 0) is 37.3 Å². The summed E-state index contributed by atoms with van der Waals surface area (Å²) < 4.78 is 5.39. The van der Waals surface area contributed by atoms with E-state index in [-0.39, 0.29) is 11.8 Å². The molecule has 0 radical (unpaired) electrons. The van der Waals surface area contributed by atoms with Crippen LogP contribution in [0.5, 0.6) is 0 Å². The van der Waals surface area contributed by atoms with E-state index in [1.54, 1.807) is 17.3 Å². The lowest BCUT2D eigenvalue weighted by Crippen LogP contribution is -2.59. The van der Waals surface area contributed by atoms with E-state index >= 15 is 0 Å². The number of carbonyl (C=O) groups is 2. The van der Waals surface area contributed by atoms with Crippen molar-refractivity contribution in [2.75, 3.05) is 19.6 Å². The maximum absolute atomic E-state index is 13.1. The third kappa shape index (κ3) is 3.71. The Morgan fingerprint density at radius 2 is 2.22 bits per heavy atom. The van der Waals surface area contributed by atoms with Gasteiger partial charge in [0.25, 0.3) is 5.91 Å². The van der Waals surface area contributed by atoms with Crippen LogP contribution < -0.4 is 10.6 Å². The molecule has 1 saturated heterocycles. The monoisotopic (exact) mass is 369 g/mol.